The molecule has 0 fully saturated rings. The highest BCUT2D eigenvalue weighted by Gasteiger charge is 2.08. The summed E-state index contributed by atoms with van der Waals surface area (Å²) < 4.78 is 24.6. The van der Waals surface area contributed by atoms with Gasteiger partial charge in [0.05, 0.1) is 19.8 Å². The minimum Gasteiger partial charge on any atom is -0.464 e. The van der Waals surface area contributed by atoms with Gasteiger partial charge in [0, 0.05) is 20.0 Å². The molecular weight excluding hydrogens is 384 g/mol. The molecule has 9 nitrogen and oxygen atoms in total. The summed E-state index contributed by atoms with van der Waals surface area (Å²) in [7, 11) is 1.54. The van der Waals surface area contributed by atoms with E-state index in [0.717, 1.165) is 19.3 Å². The molecular formula is C20H34O9. The number of hydrogen-bond donors (Lipinski definition) is 0. The van der Waals surface area contributed by atoms with Crippen LogP contribution >= 0.6 is 0 Å². The summed E-state index contributed by atoms with van der Waals surface area (Å²) in [4.78, 5) is 45.0. The van der Waals surface area contributed by atoms with Crippen molar-refractivity contribution >= 4 is 23.7 Å². The summed E-state index contributed by atoms with van der Waals surface area (Å²) in [5.74, 6) is -1.21. The molecule has 0 heterocycles. The highest BCUT2D eigenvalue weighted by molar-refractivity contribution is 5.75. The lowest BCUT2D eigenvalue weighted by Crippen LogP contribution is -2.19. The van der Waals surface area contributed by atoms with E-state index in [4.69, 9.17) is 23.7 Å². The van der Waals surface area contributed by atoms with Crippen molar-refractivity contribution in [2.45, 2.75) is 58.3 Å². The van der Waals surface area contributed by atoms with Gasteiger partial charge in [-0.2, -0.15) is 0 Å². The van der Waals surface area contributed by atoms with Crippen LogP contribution in [0.1, 0.15) is 58.3 Å². The SMILES string of the molecule is COCCOC(=O)CCCCCOC(=O)COCC(=O)OCCCCCC(C)=O. The first-order valence-corrected chi connectivity index (χ1v) is 9.98. The van der Waals surface area contributed by atoms with E-state index in [1.165, 1.54) is 7.11 Å². The molecule has 0 saturated heterocycles. The van der Waals surface area contributed by atoms with Crippen LogP contribution in [0.4, 0.5) is 0 Å². The molecule has 0 rings (SSSR count). The van der Waals surface area contributed by atoms with Crippen LogP contribution < -0.4 is 0 Å². The van der Waals surface area contributed by atoms with Crippen LogP contribution in [0.25, 0.3) is 0 Å². The summed E-state index contributed by atoms with van der Waals surface area (Å²) >= 11 is 0. The lowest BCUT2D eigenvalue weighted by Gasteiger charge is -2.07. The van der Waals surface area contributed by atoms with Crippen molar-refractivity contribution in [1.82, 2.24) is 0 Å². The number of ether oxygens (including phenoxy) is 5. The second kappa shape index (κ2) is 19.3. The lowest BCUT2D eigenvalue weighted by molar-refractivity contribution is -0.155. The molecule has 0 atom stereocenters. The zero-order valence-corrected chi connectivity index (χ0v) is 17.6. The topological polar surface area (TPSA) is 114 Å². The number of Topliss-reactive ketones (excluding diaryl/α,β-unsaturated/α-hetero) is 1. The quantitative estimate of drug-likeness (QED) is 0.176. The Labute approximate surface area is 172 Å². The molecule has 0 amide bonds. The minimum atomic E-state index is -0.555. The first kappa shape index (κ1) is 27.0. The molecule has 0 aromatic heterocycles. The van der Waals surface area contributed by atoms with Gasteiger partial charge in [-0.15, -0.1) is 0 Å². The Bertz CT molecular complexity index is 477. The van der Waals surface area contributed by atoms with Crippen molar-refractivity contribution < 1.29 is 42.9 Å². The first-order valence-electron chi connectivity index (χ1n) is 9.98. The van der Waals surface area contributed by atoms with Gasteiger partial charge in [-0.05, 0) is 45.4 Å². The largest absolute Gasteiger partial charge is 0.464 e. The Kier molecular flexibility index (Phi) is 18.0. The van der Waals surface area contributed by atoms with Crippen molar-refractivity contribution in [3.05, 3.63) is 0 Å². The van der Waals surface area contributed by atoms with Crippen LogP contribution in [-0.2, 0) is 42.9 Å². The van der Waals surface area contributed by atoms with Crippen molar-refractivity contribution in [2.75, 3.05) is 46.8 Å². The average molecular weight is 418 g/mol. The van der Waals surface area contributed by atoms with Crippen molar-refractivity contribution in [3.8, 4) is 0 Å². The number of methoxy groups -OCH3 is 1. The third kappa shape index (κ3) is 20.5. The molecule has 0 aromatic carbocycles. The Morgan fingerprint density at radius 2 is 1.10 bits per heavy atom. The zero-order valence-electron chi connectivity index (χ0n) is 17.6. The van der Waals surface area contributed by atoms with E-state index in [1.54, 1.807) is 6.92 Å². The molecule has 168 valence electrons. The molecule has 0 radical (unpaired) electrons. The molecule has 0 aliphatic rings. The fourth-order valence-electron chi connectivity index (χ4n) is 2.19. The maximum Gasteiger partial charge on any atom is 0.332 e. The van der Waals surface area contributed by atoms with Gasteiger partial charge >= 0.3 is 17.9 Å². The number of hydrogen-bond acceptors (Lipinski definition) is 9. The van der Waals surface area contributed by atoms with E-state index in [1.807, 2.05) is 0 Å². The van der Waals surface area contributed by atoms with Crippen molar-refractivity contribution in [3.63, 3.8) is 0 Å². The molecule has 0 saturated carbocycles. The van der Waals surface area contributed by atoms with Crippen LogP contribution in [0, 0.1) is 0 Å². The van der Waals surface area contributed by atoms with E-state index in [-0.39, 0.29) is 44.8 Å². The Morgan fingerprint density at radius 1 is 0.586 bits per heavy atom. The molecule has 0 bridgehead atoms. The van der Waals surface area contributed by atoms with Crippen LogP contribution in [0.3, 0.4) is 0 Å². The molecule has 0 unspecified atom stereocenters. The number of unbranched alkanes of at least 4 members (excludes halogenated alkanes) is 4. The van der Waals surface area contributed by atoms with Crippen LogP contribution in [0.15, 0.2) is 0 Å². The fraction of sp³-hybridized carbons (Fsp3) is 0.800. The third-order valence-electron chi connectivity index (χ3n) is 3.71. The van der Waals surface area contributed by atoms with E-state index in [2.05, 4.69) is 0 Å². The maximum atomic E-state index is 11.5. The summed E-state index contributed by atoms with van der Waals surface area (Å²) in [6.07, 6.45) is 5.16. The summed E-state index contributed by atoms with van der Waals surface area (Å²) in [5, 5.41) is 0. The minimum absolute atomic E-state index is 0.153. The Morgan fingerprint density at radius 3 is 1.62 bits per heavy atom. The highest BCUT2D eigenvalue weighted by atomic mass is 16.6. The second-order valence-corrected chi connectivity index (χ2v) is 6.47. The van der Waals surface area contributed by atoms with E-state index in [9.17, 15) is 19.2 Å². The van der Waals surface area contributed by atoms with Gasteiger partial charge in [0.1, 0.15) is 25.6 Å². The molecule has 0 aliphatic heterocycles. The molecule has 0 N–H and O–H groups in total. The van der Waals surface area contributed by atoms with Gasteiger partial charge in [-0.1, -0.05) is 0 Å². The average Bonchev–Trinajstić information content (AvgIpc) is 2.67. The van der Waals surface area contributed by atoms with Gasteiger partial charge in [0.15, 0.2) is 0 Å². The molecule has 9 heteroatoms. The zero-order chi connectivity index (χ0) is 21.7. The van der Waals surface area contributed by atoms with Crippen molar-refractivity contribution in [2.24, 2.45) is 0 Å². The number of ketones is 1. The summed E-state index contributed by atoms with van der Waals surface area (Å²) in [5.41, 5.74) is 0. The van der Waals surface area contributed by atoms with Gasteiger partial charge in [0.2, 0.25) is 0 Å². The van der Waals surface area contributed by atoms with E-state index >= 15 is 0 Å². The third-order valence-corrected chi connectivity index (χ3v) is 3.71. The number of esters is 3. The highest BCUT2D eigenvalue weighted by Crippen LogP contribution is 2.03. The van der Waals surface area contributed by atoms with Gasteiger partial charge in [-0.25, -0.2) is 9.59 Å². The van der Waals surface area contributed by atoms with Crippen LogP contribution in [0.2, 0.25) is 0 Å². The van der Waals surface area contributed by atoms with Crippen LogP contribution in [0.5, 0.6) is 0 Å². The smallest absolute Gasteiger partial charge is 0.332 e. The summed E-state index contributed by atoms with van der Waals surface area (Å²) in [6.45, 7) is 2.04. The molecule has 29 heavy (non-hydrogen) atoms. The Hall–Kier alpha value is -2.00. The molecule has 0 spiro atoms. The van der Waals surface area contributed by atoms with Gasteiger partial charge in [0.25, 0.3) is 0 Å². The molecule has 0 aliphatic carbocycles. The van der Waals surface area contributed by atoms with Crippen molar-refractivity contribution in [1.29, 1.82) is 0 Å². The van der Waals surface area contributed by atoms with E-state index in [0.29, 0.717) is 38.7 Å². The number of carbonyl (C=O) groups is 4. The fourth-order valence-corrected chi connectivity index (χ4v) is 2.19. The molecule has 0 aromatic rings. The van der Waals surface area contributed by atoms with Gasteiger partial charge in [-0.3, -0.25) is 4.79 Å². The Balaban J connectivity index is 3.43. The number of carbonyl (C=O) groups excluding carboxylic acids is 4. The predicted molar refractivity (Wildman–Crippen MR) is 103 cm³/mol. The van der Waals surface area contributed by atoms with E-state index < -0.39 is 11.9 Å². The maximum absolute atomic E-state index is 11.5. The standard InChI is InChI=1S/C20H34O9/c1-17(21)9-5-3-7-11-27-19(23)15-26-16-20(24)28-12-8-4-6-10-18(22)29-14-13-25-2/h3-16H2,1-2H3. The lowest BCUT2D eigenvalue weighted by atomic mass is 10.1. The van der Waals surface area contributed by atoms with Crippen LogP contribution in [-0.4, -0.2) is 70.4 Å². The second-order valence-electron chi connectivity index (χ2n) is 6.47. The predicted octanol–water partition coefficient (Wildman–Crippen LogP) is 1.99. The first-order chi connectivity index (χ1) is 14.0. The normalized spacial score (nSPS) is 10.4. The van der Waals surface area contributed by atoms with Gasteiger partial charge < -0.3 is 28.5 Å². The number of rotatable bonds is 19. The summed E-state index contributed by atoms with van der Waals surface area (Å²) in [6, 6.07) is 0. The monoisotopic (exact) mass is 418 g/mol.